The van der Waals surface area contributed by atoms with E-state index in [2.05, 4.69) is 17.1 Å². The number of benzene rings is 2. The summed E-state index contributed by atoms with van der Waals surface area (Å²) in [5.41, 5.74) is 1.62. The maximum absolute atomic E-state index is 13.0. The van der Waals surface area contributed by atoms with Gasteiger partial charge in [-0.3, -0.25) is 9.36 Å². The number of aromatic nitrogens is 4. The van der Waals surface area contributed by atoms with Crippen LogP contribution < -0.4 is 5.56 Å². The van der Waals surface area contributed by atoms with Gasteiger partial charge in [0.25, 0.3) is 5.56 Å². The van der Waals surface area contributed by atoms with Gasteiger partial charge in [-0.1, -0.05) is 42.4 Å². The molecular weight excluding hydrogens is 416 g/mol. The van der Waals surface area contributed by atoms with Crippen LogP contribution in [0.15, 0.2) is 67.9 Å². The Kier molecular flexibility index (Phi) is 6.54. The van der Waals surface area contributed by atoms with Crippen molar-refractivity contribution in [2.24, 2.45) is 0 Å². The Morgan fingerprint density at radius 2 is 1.87 bits per heavy atom. The van der Waals surface area contributed by atoms with Crippen LogP contribution in [0.25, 0.3) is 22.3 Å². The van der Waals surface area contributed by atoms with Crippen LogP contribution in [0.2, 0.25) is 0 Å². The minimum absolute atomic E-state index is 0.00310. The molecule has 0 bridgehead atoms. The van der Waals surface area contributed by atoms with Crippen LogP contribution in [0.3, 0.4) is 0 Å². The van der Waals surface area contributed by atoms with Gasteiger partial charge in [0.05, 0.1) is 16.7 Å². The molecule has 2 heterocycles. The van der Waals surface area contributed by atoms with Crippen molar-refractivity contribution in [2.75, 3.05) is 6.26 Å². The number of rotatable bonds is 8. The third kappa shape index (κ3) is 4.44. The zero-order valence-electron chi connectivity index (χ0n) is 16.9. The van der Waals surface area contributed by atoms with E-state index in [1.54, 1.807) is 16.3 Å². The summed E-state index contributed by atoms with van der Waals surface area (Å²) >= 11 is 3.14. The van der Waals surface area contributed by atoms with Crippen molar-refractivity contribution in [3.63, 3.8) is 0 Å². The molecule has 0 N–H and O–H groups in total. The minimum atomic E-state index is -0.00310. The van der Waals surface area contributed by atoms with E-state index in [1.165, 1.54) is 16.7 Å². The normalized spacial score (nSPS) is 11.3. The Morgan fingerprint density at radius 3 is 2.63 bits per heavy atom. The zero-order chi connectivity index (χ0) is 20.9. The predicted molar refractivity (Wildman–Crippen MR) is 122 cm³/mol. The molecular formula is C22H22N4O2S2. The highest BCUT2D eigenvalue weighted by atomic mass is 32.2. The lowest BCUT2D eigenvalue weighted by Gasteiger charge is -2.12. The molecule has 0 aliphatic heterocycles. The van der Waals surface area contributed by atoms with Gasteiger partial charge in [-0.2, -0.15) is 4.98 Å². The Labute approximate surface area is 183 Å². The van der Waals surface area contributed by atoms with Crippen molar-refractivity contribution >= 4 is 34.4 Å². The highest BCUT2D eigenvalue weighted by Crippen LogP contribution is 2.25. The average molecular weight is 439 g/mol. The molecule has 0 spiro atoms. The molecule has 0 aliphatic carbocycles. The number of thioether (sulfide) groups is 2. The molecule has 0 amide bonds. The van der Waals surface area contributed by atoms with Crippen LogP contribution in [0, 0.1) is 0 Å². The largest absolute Gasteiger partial charge is 0.338 e. The Hall–Kier alpha value is -2.58. The first-order chi connectivity index (χ1) is 14.7. The van der Waals surface area contributed by atoms with E-state index in [4.69, 9.17) is 9.51 Å². The first-order valence-electron chi connectivity index (χ1n) is 9.79. The van der Waals surface area contributed by atoms with Crippen molar-refractivity contribution in [1.29, 1.82) is 0 Å². The summed E-state index contributed by atoms with van der Waals surface area (Å²) in [5.74, 6) is 1.52. The second kappa shape index (κ2) is 9.49. The number of hydrogen-bond acceptors (Lipinski definition) is 7. The van der Waals surface area contributed by atoms with Gasteiger partial charge in [0, 0.05) is 17.0 Å². The van der Waals surface area contributed by atoms with E-state index in [1.807, 2.05) is 54.8 Å². The van der Waals surface area contributed by atoms with E-state index in [0.717, 1.165) is 18.4 Å². The monoisotopic (exact) mass is 438 g/mol. The Morgan fingerprint density at radius 1 is 1.07 bits per heavy atom. The number of unbranched alkanes of at least 4 members (excludes halogenated alkanes) is 1. The van der Waals surface area contributed by atoms with Crippen molar-refractivity contribution in [3.8, 4) is 11.4 Å². The third-order valence-electron chi connectivity index (χ3n) is 4.70. The Balaban J connectivity index is 1.57. The summed E-state index contributed by atoms with van der Waals surface area (Å²) in [6.07, 6.45) is 3.97. The summed E-state index contributed by atoms with van der Waals surface area (Å²) in [7, 11) is 0. The van der Waals surface area contributed by atoms with E-state index >= 15 is 0 Å². The molecule has 0 fully saturated rings. The van der Waals surface area contributed by atoms with Crippen molar-refractivity contribution in [3.05, 3.63) is 64.8 Å². The van der Waals surface area contributed by atoms with E-state index < -0.39 is 0 Å². The maximum atomic E-state index is 13.0. The molecule has 0 saturated carbocycles. The molecule has 154 valence electrons. The molecule has 0 radical (unpaired) electrons. The minimum Gasteiger partial charge on any atom is -0.338 e. The molecule has 0 atom stereocenters. The van der Waals surface area contributed by atoms with E-state index in [9.17, 15) is 4.79 Å². The predicted octanol–water partition coefficient (Wildman–Crippen LogP) is 5.26. The summed E-state index contributed by atoms with van der Waals surface area (Å²) in [6, 6.07) is 15.5. The first kappa shape index (κ1) is 20.7. The summed E-state index contributed by atoms with van der Waals surface area (Å²) in [6.45, 7) is 2.75. The van der Waals surface area contributed by atoms with Crippen LogP contribution in [0.5, 0.6) is 0 Å². The molecule has 30 heavy (non-hydrogen) atoms. The van der Waals surface area contributed by atoms with Crippen LogP contribution in [0.1, 0.15) is 25.7 Å². The molecule has 2 aromatic carbocycles. The van der Waals surface area contributed by atoms with Gasteiger partial charge in [-0.25, -0.2) is 4.98 Å². The van der Waals surface area contributed by atoms with Gasteiger partial charge in [-0.15, -0.1) is 11.8 Å². The maximum Gasteiger partial charge on any atom is 0.262 e. The quantitative estimate of drug-likeness (QED) is 0.274. The summed E-state index contributed by atoms with van der Waals surface area (Å²) < 4.78 is 7.19. The molecule has 0 saturated heterocycles. The Bertz CT molecular complexity index is 1200. The van der Waals surface area contributed by atoms with Crippen LogP contribution in [-0.2, 0) is 12.3 Å². The van der Waals surface area contributed by atoms with Crippen LogP contribution >= 0.6 is 23.5 Å². The first-order valence-corrected chi connectivity index (χ1v) is 12.0. The van der Waals surface area contributed by atoms with Gasteiger partial charge in [0.2, 0.25) is 11.7 Å². The number of hydrogen-bond donors (Lipinski definition) is 0. The number of para-hydroxylation sites is 1. The van der Waals surface area contributed by atoms with Gasteiger partial charge < -0.3 is 4.52 Å². The third-order valence-corrected chi connectivity index (χ3v) is 6.41. The van der Waals surface area contributed by atoms with E-state index in [-0.39, 0.29) is 5.56 Å². The smallest absolute Gasteiger partial charge is 0.262 e. The summed E-state index contributed by atoms with van der Waals surface area (Å²) in [5, 5.41) is 5.42. The lowest BCUT2D eigenvalue weighted by Crippen LogP contribution is -2.23. The SMILES string of the molecule is CCCCn1c(SCc2nc(-c3ccc(SC)cc3)no2)nc2ccccc2c1=O. The van der Waals surface area contributed by atoms with Gasteiger partial charge >= 0.3 is 0 Å². The zero-order valence-corrected chi connectivity index (χ0v) is 18.5. The fourth-order valence-corrected chi connectivity index (χ4v) is 4.34. The van der Waals surface area contributed by atoms with E-state index in [0.29, 0.717) is 40.1 Å². The molecule has 0 unspecified atom stereocenters. The van der Waals surface area contributed by atoms with Crippen LogP contribution in [-0.4, -0.2) is 25.9 Å². The highest BCUT2D eigenvalue weighted by Gasteiger charge is 2.14. The topological polar surface area (TPSA) is 73.8 Å². The van der Waals surface area contributed by atoms with Crippen molar-refractivity contribution < 1.29 is 4.52 Å². The van der Waals surface area contributed by atoms with Crippen LogP contribution in [0.4, 0.5) is 0 Å². The number of fused-ring (bicyclic) bond motifs is 1. The lowest BCUT2D eigenvalue weighted by atomic mass is 10.2. The second-order valence-corrected chi connectivity index (χ2v) is 8.57. The fourth-order valence-electron chi connectivity index (χ4n) is 3.07. The highest BCUT2D eigenvalue weighted by molar-refractivity contribution is 7.98. The second-order valence-electron chi connectivity index (χ2n) is 6.75. The molecule has 6 nitrogen and oxygen atoms in total. The van der Waals surface area contributed by atoms with Gasteiger partial charge in [-0.05, 0) is 49.1 Å². The molecule has 8 heteroatoms. The summed E-state index contributed by atoms with van der Waals surface area (Å²) in [4.78, 5) is 23.4. The fraction of sp³-hybridized carbons (Fsp3) is 0.273. The van der Waals surface area contributed by atoms with Gasteiger partial charge in [0.15, 0.2) is 5.16 Å². The molecule has 4 aromatic rings. The molecule has 0 aliphatic rings. The van der Waals surface area contributed by atoms with Crippen molar-refractivity contribution in [2.45, 2.75) is 42.1 Å². The molecule has 2 aromatic heterocycles. The standard InChI is InChI=1S/C22H22N4O2S2/c1-3-4-13-26-21(27)17-7-5-6-8-18(17)23-22(26)30-14-19-24-20(25-28-19)15-9-11-16(29-2)12-10-15/h5-12H,3-4,13-14H2,1-2H3. The lowest BCUT2D eigenvalue weighted by molar-refractivity contribution is 0.391. The van der Waals surface area contributed by atoms with Gasteiger partial charge in [0.1, 0.15) is 0 Å². The van der Waals surface area contributed by atoms with Crippen molar-refractivity contribution in [1.82, 2.24) is 19.7 Å². The average Bonchev–Trinajstić information content (AvgIpc) is 3.26. The number of nitrogens with zero attached hydrogens (tertiary/aromatic N) is 4. The molecule has 4 rings (SSSR count).